The molecule has 7 nitrogen and oxygen atoms in total. The lowest BCUT2D eigenvalue weighted by Crippen LogP contribution is -2.30. The van der Waals surface area contributed by atoms with Gasteiger partial charge in [-0.15, -0.1) is 0 Å². The van der Waals surface area contributed by atoms with E-state index in [1.807, 2.05) is 24.3 Å². The molecule has 7 heteroatoms. The topological polar surface area (TPSA) is 80.6 Å². The first-order valence-electron chi connectivity index (χ1n) is 8.13. The highest BCUT2D eigenvalue weighted by Gasteiger charge is 2.32. The molecule has 3 amide bonds. The van der Waals surface area contributed by atoms with E-state index in [2.05, 4.69) is 5.32 Å². The third-order valence-corrected chi connectivity index (χ3v) is 4.00. The van der Waals surface area contributed by atoms with Gasteiger partial charge in [-0.05, 0) is 26.0 Å². The van der Waals surface area contributed by atoms with Crippen molar-refractivity contribution in [1.29, 1.82) is 0 Å². The number of hydrogen-bond donors (Lipinski definition) is 1. The molecule has 2 aromatic rings. The van der Waals surface area contributed by atoms with Crippen molar-refractivity contribution >= 4 is 34.9 Å². The van der Waals surface area contributed by atoms with Crippen LogP contribution in [0.3, 0.4) is 0 Å². The number of fused-ring (bicyclic) bond motifs is 1. The van der Waals surface area contributed by atoms with Gasteiger partial charge in [0.2, 0.25) is 0 Å². The molecule has 0 bridgehead atoms. The molecule has 0 saturated carbocycles. The highest BCUT2D eigenvalue weighted by atomic mass is 16.5. The van der Waals surface area contributed by atoms with E-state index in [0.717, 1.165) is 21.4 Å². The first kappa shape index (κ1) is 16.8. The number of amides is 3. The Balaban J connectivity index is 2.00. The molecule has 130 valence electrons. The molecule has 1 aliphatic heterocycles. The second-order valence-electron chi connectivity index (χ2n) is 5.57. The number of nitrogens with one attached hydrogen (secondary N) is 1. The number of likely N-dealkylation sites (N-methyl/N-ethyl adjacent to an activating group) is 1. The number of rotatable bonds is 5. The summed E-state index contributed by atoms with van der Waals surface area (Å²) in [4.78, 5) is 37.0. The number of carbonyl (C=O) groups is 3. The molecule has 25 heavy (non-hydrogen) atoms. The monoisotopic (exact) mass is 341 g/mol. The number of para-hydroxylation sites is 1. The summed E-state index contributed by atoms with van der Waals surface area (Å²) in [7, 11) is 0. The average molecular weight is 341 g/mol. The Kier molecular flexibility index (Phi) is 4.56. The van der Waals surface area contributed by atoms with Crippen molar-refractivity contribution in [3.63, 3.8) is 0 Å². The molecule has 0 atom stereocenters. The number of aromatic nitrogens is 1. The van der Waals surface area contributed by atoms with Gasteiger partial charge in [0.05, 0.1) is 6.61 Å². The lowest BCUT2D eigenvalue weighted by Gasteiger charge is -2.05. The van der Waals surface area contributed by atoms with Crippen LogP contribution in [-0.2, 0) is 20.9 Å². The molecular formula is C18H19N3O4. The van der Waals surface area contributed by atoms with Crippen LogP contribution >= 0.6 is 0 Å². The van der Waals surface area contributed by atoms with E-state index in [9.17, 15) is 14.4 Å². The Hall–Kier alpha value is -3.09. The third-order valence-electron chi connectivity index (χ3n) is 4.00. The number of ether oxygens (including phenoxy) is 1. The van der Waals surface area contributed by atoms with Crippen molar-refractivity contribution in [2.24, 2.45) is 0 Å². The molecule has 1 aliphatic rings. The smallest absolute Gasteiger partial charge is 0.328 e. The van der Waals surface area contributed by atoms with Gasteiger partial charge in [0.25, 0.3) is 5.91 Å². The Morgan fingerprint density at radius 1 is 1.24 bits per heavy atom. The second-order valence-corrected chi connectivity index (χ2v) is 5.57. The van der Waals surface area contributed by atoms with Gasteiger partial charge in [0, 0.05) is 29.2 Å². The second kappa shape index (κ2) is 6.80. The molecule has 1 aromatic heterocycles. The fraction of sp³-hybridized carbons (Fsp3) is 0.278. The lowest BCUT2D eigenvalue weighted by molar-refractivity contribution is -0.143. The zero-order valence-corrected chi connectivity index (χ0v) is 14.1. The third kappa shape index (κ3) is 3.13. The van der Waals surface area contributed by atoms with Gasteiger partial charge in [-0.25, -0.2) is 4.79 Å². The van der Waals surface area contributed by atoms with Gasteiger partial charge in [-0.3, -0.25) is 14.5 Å². The zero-order valence-electron chi connectivity index (χ0n) is 14.1. The Labute approximate surface area is 144 Å². The van der Waals surface area contributed by atoms with Crippen molar-refractivity contribution in [3.05, 3.63) is 41.7 Å². The normalized spacial score (nSPS) is 15.9. The molecule has 3 rings (SSSR count). The molecule has 1 fully saturated rings. The molecule has 0 aliphatic carbocycles. The number of imide groups is 1. The fourth-order valence-corrected chi connectivity index (χ4v) is 2.88. The van der Waals surface area contributed by atoms with Crippen LogP contribution in [0, 0.1) is 0 Å². The van der Waals surface area contributed by atoms with Crippen LogP contribution < -0.4 is 5.32 Å². The Morgan fingerprint density at radius 2 is 2.00 bits per heavy atom. The van der Waals surface area contributed by atoms with E-state index in [1.165, 1.54) is 0 Å². The molecule has 1 aromatic carbocycles. The maximum Gasteiger partial charge on any atom is 0.328 e. The molecular weight excluding hydrogens is 322 g/mol. The van der Waals surface area contributed by atoms with Crippen molar-refractivity contribution in [2.75, 3.05) is 13.2 Å². The predicted molar refractivity (Wildman–Crippen MR) is 92.5 cm³/mol. The highest BCUT2D eigenvalue weighted by Crippen LogP contribution is 2.24. The minimum absolute atomic E-state index is 0.0823. The fourth-order valence-electron chi connectivity index (χ4n) is 2.88. The van der Waals surface area contributed by atoms with E-state index in [1.54, 1.807) is 30.7 Å². The Morgan fingerprint density at radius 3 is 2.68 bits per heavy atom. The minimum atomic E-state index is -0.422. The van der Waals surface area contributed by atoms with Gasteiger partial charge in [-0.1, -0.05) is 18.2 Å². The Bertz CT molecular complexity index is 882. The minimum Gasteiger partial charge on any atom is -0.465 e. The first-order valence-corrected chi connectivity index (χ1v) is 8.13. The average Bonchev–Trinajstić information content (AvgIpc) is 3.06. The number of carbonyl (C=O) groups excluding carboxylic acids is 3. The van der Waals surface area contributed by atoms with Crippen LogP contribution in [0.5, 0.6) is 0 Å². The van der Waals surface area contributed by atoms with E-state index in [0.29, 0.717) is 13.2 Å². The van der Waals surface area contributed by atoms with Crippen LogP contribution in [-0.4, -0.2) is 40.5 Å². The summed E-state index contributed by atoms with van der Waals surface area (Å²) < 4.78 is 6.78. The summed E-state index contributed by atoms with van der Waals surface area (Å²) in [6, 6.07) is 7.13. The molecule has 1 N–H and O–H groups in total. The quantitative estimate of drug-likeness (QED) is 0.513. The van der Waals surface area contributed by atoms with Crippen LogP contribution in [0.25, 0.3) is 17.0 Å². The molecule has 0 unspecified atom stereocenters. The van der Waals surface area contributed by atoms with Crippen molar-refractivity contribution in [2.45, 2.75) is 20.4 Å². The molecule has 0 radical (unpaired) electrons. The summed E-state index contributed by atoms with van der Waals surface area (Å²) in [5, 5.41) is 3.47. The number of urea groups is 1. The summed E-state index contributed by atoms with van der Waals surface area (Å²) in [6.07, 6.45) is 3.42. The summed E-state index contributed by atoms with van der Waals surface area (Å²) >= 11 is 0. The first-order chi connectivity index (χ1) is 12.0. The number of esters is 1. The van der Waals surface area contributed by atoms with Gasteiger partial charge in [0.1, 0.15) is 12.2 Å². The van der Waals surface area contributed by atoms with Gasteiger partial charge in [-0.2, -0.15) is 0 Å². The number of nitrogens with zero attached hydrogens (tertiary/aromatic N) is 2. The zero-order chi connectivity index (χ0) is 18.0. The van der Waals surface area contributed by atoms with E-state index < -0.39 is 6.03 Å². The SMILES string of the molecule is CCOC(=O)Cn1cc(/C=C2/NC(=O)N(CC)C2=O)c2ccccc21. The lowest BCUT2D eigenvalue weighted by atomic mass is 10.1. The van der Waals surface area contributed by atoms with Crippen LogP contribution in [0.1, 0.15) is 19.4 Å². The van der Waals surface area contributed by atoms with Crippen LogP contribution in [0.15, 0.2) is 36.2 Å². The van der Waals surface area contributed by atoms with Crippen LogP contribution in [0.4, 0.5) is 4.79 Å². The van der Waals surface area contributed by atoms with Crippen molar-refractivity contribution < 1.29 is 19.1 Å². The largest absolute Gasteiger partial charge is 0.465 e. The van der Waals surface area contributed by atoms with Crippen LogP contribution in [0.2, 0.25) is 0 Å². The highest BCUT2D eigenvalue weighted by molar-refractivity contribution is 6.14. The van der Waals surface area contributed by atoms with Gasteiger partial charge < -0.3 is 14.6 Å². The number of hydrogen-bond acceptors (Lipinski definition) is 4. The van der Waals surface area contributed by atoms with E-state index >= 15 is 0 Å². The predicted octanol–water partition coefficient (Wildman–Crippen LogP) is 2.12. The summed E-state index contributed by atoms with van der Waals surface area (Å²) in [5.74, 6) is -0.681. The maximum atomic E-state index is 12.3. The maximum absolute atomic E-state index is 12.3. The standard InChI is InChI=1S/C18H19N3O4/c1-3-21-17(23)14(19-18(21)24)9-12-10-20(11-16(22)25-4-2)15-8-6-5-7-13(12)15/h5-10H,3-4,11H2,1-2H3,(H,19,24)/b14-9+. The van der Waals surface area contributed by atoms with Crippen molar-refractivity contribution in [3.8, 4) is 0 Å². The van der Waals surface area contributed by atoms with Crippen molar-refractivity contribution in [1.82, 2.24) is 14.8 Å². The van der Waals surface area contributed by atoms with E-state index in [4.69, 9.17) is 4.74 Å². The molecule has 0 spiro atoms. The number of benzene rings is 1. The van der Waals surface area contributed by atoms with E-state index in [-0.39, 0.29) is 24.1 Å². The molecule has 1 saturated heterocycles. The summed E-state index contributed by atoms with van der Waals surface area (Å²) in [6.45, 7) is 4.22. The van der Waals surface area contributed by atoms with Gasteiger partial charge >= 0.3 is 12.0 Å². The van der Waals surface area contributed by atoms with Gasteiger partial charge in [0.15, 0.2) is 0 Å². The molecule has 2 heterocycles. The summed E-state index contributed by atoms with van der Waals surface area (Å²) in [5.41, 5.74) is 1.83.